The van der Waals surface area contributed by atoms with E-state index in [1.165, 1.54) is 54.6 Å². The van der Waals surface area contributed by atoms with Crippen LogP contribution in [0.3, 0.4) is 0 Å². The fourth-order valence-electron chi connectivity index (χ4n) is 7.41. The third-order valence-electron chi connectivity index (χ3n) is 9.39. The van der Waals surface area contributed by atoms with Crippen molar-refractivity contribution in [2.24, 2.45) is 0 Å². The predicted molar refractivity (Wildman–Crippen MR) is 181 cm³/mol. The highest BCUT2D eigenvalue weighted by Crippen LogP contribution is 2.54. The van der Waals surface area contributed by atoms with Crippen molar-refractivity contribution in [3.8, 4) is 11.1 Å². The maximum atomic E-state index is 6.30. The summed E-state index contributed by atoms with van der Waals surface area (Å²) < 4.78 is 6.30. The predicted octanol–water partition coefficient (Wildman–Crippen LogP) is 11.7. The van der Waals surface area contributed by atoms with Crippen molar-refractivity contribution in [3.63, 3.8) is 0 Å². The molecule has 204 valence electrons. The molecule has 1 aliphatic rings. The van der Waals surface area contributed by atoms with Crippen molar-refractivity contribution >= 4 is 60.5 Å². The lowest BCUT2D eigenvalue weighted by Gasteiger charge is -2.28. The van der Waals surface area contributed by atoms with E-state index in [-0.39, 0.29) is 5.41 Å². The Morgan fingerprint density at radius 1 is 0.488 bits per heavy atom. The number of hydrogen-bond donors (Lipinski definition) is 0. The maximum absolute atomic E-state index is 6.30. The van der Waals surface area contributed by atoms with Gasteiger partial charge in [0, 0.05) is 33.2 Å². The van der Waals surface area contributed by atoms with Crippen LogP contribution in [0.25, 0.3) is 54.6 Å². The molecule has 0 spiro atoms. The minimum atomic E-state index is -0.197. The average Bonchev–Trinajstić information content (AvgIpc) is 3.53. The van der Waals surface area contributed by atoms with Gasteiger partial charge in [-0.2, -0.15) is 0 Å². The molecule has 1 aromatic heterocycles. The third kappa shape index (κ3) is 3.47. The van der Waals surface area contributed by atoms with Crippen molar-refractivity contribution in [2.75, 3.05) is 4.90 Å². The molecule has 9 rings (SSSR count). The van der Waals surface area contributed by atoms with Crippen molar-refractivity contribution < 1.29 is 4.42 Å². The Hall–Kier alpha value is -5.34. The van der Waals surface area contributed by atoms with Gasteiger partial charge in [-0.1, -0.05) is 105 Å². The average molecular weight is 552 g/mol. The Bertz CT molecular complexity index is 2380. The highest BCUT2D eigenvalue weighted by Gasteiger charge is 2.38. The molecule has 7 aromatic carbocycles. The van der Waals surface area contributed by atoms with E-state index < -0.39 is 0 Å². The number of anilines is 3. The van der Waals surface area contributed by atoms with E-state index in [1.54, 1.807) is 0 Å². The molecule has 0 atom stereocenters. The van der Waals surface area contributed by atoms with Gasteiger partial charge in [-0.15, -0.1) is 0 Å². The zero-order valence-corrected chi connectivity index (χ0v) is 24.1. The maximum Gasteiger partial charge on any atom is 0.135 e. The van der Waals surface area contributed by atoms with Gasteiger partial charge in [-0.25, -0.2) is 0 Å². The lowest BCUT2D eigenvalue weighted by atomic mass is 9.80. The van der Waals surface area contributed by atoms with Crippen LogP contribution >= 0.6 is 0 Å². The second kappa shape index (κ2) is 8.83. The van der Waals surface area contributed by atoms with Crippen molar-refractivity contribution in [1.29, 1.82) is 0 Å². The van der Waals surface area contributed by atoms with Crippen LogP contribution in [0.1, 0.15) is 25.0 Å². The number of nitrogens with zero attached hydrogens (tertiary/aromatic N) is 1. The minimum Gasteiger partial charge on any atom is -0.456 e. The van der Waals surface area contributed by atoms with Crippen LogP contribution in [0, 0.1) is 0 Å². The Kier molecular flexibility index (Phi) is 4.99. The Morgan fingerprint density at radius 3 is 2.05 bits per heavy atom. The Morgan fingerprint density at radius 2 is 1.16 bits per heavy atom. The molecule has 0 unspecified atom stereocenters. The second-order valence-electron chi connectivity index (χ2n) is 12.2. The van der Waals surface area contributed by atoms with Crippen LogP contribution in [0.15, 0.2) is 144 Å². The van der Waals surface area contributed by atoms with Crippen LogP contribution in [0.2, 0.25) is 0 Å². The molecular weight excluding hydrogens is 522 g/mol. The van der Waals surface area contributed by atoms with Crippen molar-refractivity contribution in [3.05, 3.63) is 151 Å². The Balaban J connectivity index is 1.24. The molecule has 0 fully saturated rings. The summed E-state index contributed by atoms with van der Waals surface area (Å²) in [5.41, 5.74) is 10.4. The van der Waals surface area contributed by atoms with Gasteiger partial charge in [0.1, 0.15) is 11.2 Å². The van der Waals surface area contributed by atoms with E-state index in [2.05, 4.69) is 152 Å². The smallest absolute Gasteiger partial charge is 0.135 e. The molecule has 0 N–H and O–H groups in total. The molecule has 0 bridgehead atoms. The second-order valence-corrected chi connectivity index (χ2v) is 12.2. The summed E-state index contributed by atoms with van der Waals surface area (Å²) in [6.07, 6.45) is 0. The summed E-state index contributed by atoms with van der Waals surface area (Å²) in [4.78, 5) is 2.39. The molecule has 0 amide bonds. The van der Waals surface area contributed by atoms with Gasteiger partial charge in [-0.3, -0.25) is 0 Å². The van der Waals surface area contributed by atoms with Crippen molar-refractivity contribution in [1.82, 2.24) is 0 Å². The molecule has 0 aliphatic heterocycles. The molecule has 1 aliphatic carbocycles. The van der Waals surface area contributed by atoms with Crippen LogP contribution in [0.5, 0.6) is 0 Å². The number of furan rings is 1. The molecular formula is C41H29NO. The summed E-state index contributed by atoms with van der Waals surface area (Å²) in [5, 5.41) is 7.48. The quantitative estimate of drug-likeness (QED) is 0.203. The van der Waals surface area contributed by atoms with E-state index in [0.29, 0.717) is 0 Å². The molecule has 1 heterocycles. The summed E-state index contributed by atoms with van der Waals surface area (Å²) in [6, 6.07) is 50.4. The van der Waals surface area contributed by atoms with Gasteiger partial charge in [0.05, 0.1) is 0 Å². The first-order valence-corrected chi connectivity index (χ1v) is 14.9. The topological polar surface area (TPSA) is 16.4 Å². The lowest BCUT2D eigenvalue weighted by molar-refractivity contribution is 0.657. The van der Waals surface area contributed by atoms with Gasteiger partial charge in [-0.05, 0) is 92.3 Å². The first-order chi connectivity index (χ1) is 21.1. The molecule has 0 saturated carbocycles. The molecule has 43 heavy (non-hydrogen) atoms. The minimum absolute atomic E-state index is 0.197. The fourth-order valence-corrected chi connectivity index (χ4v) is 7.41. The van der Waals surface area contributed by atoms with Gasteiger partial charge < -0.3 is 9.32 Å². The molecule has 2 heteroatoms. The van der Waals surface area contributed by atoms with E-state index in [4.69, 9.17) is 4.42 Å². The first kappa shape index (κ1) is 24.3. The summed E-state index contributed by atoms with van der Waals surface area (Å²) in [6.45, 7) is 4.72. The normalized spacial score (nSPS) is 13.5. The highest BCUT2D eigenvalue weighted by atomic mass is 16.3. The van der Waals surface area contributed by atoms with E-state index in [1.807, 2.05) is 6.07 Å². The van der Waals surface area contributed by atoms with Gasteiger partial charge >= 0.3 is 0 Å². The number of para-hydroxylation sites is 2. The van der Waals surface area contributed by atoms with Gasteiger partial charge in [0.15, 0.2) is 0 Å². The number of benzene rings is 7. The number of hydrogen-bond acceptors (Lipinski definition) is 2. The first-order valence-electron chi connectivity index (χ1n) is 14.9. The fraction of sp³-hybridized carbons (Fsp3) is 0.0732. The zero-order chi connectivity index (χ0) is 28.7. The monoisotopic (exact) mass is 551 g/mol. The van der Waals surface area contributed by atoms with Crippen LogP contribution in [0.4, 0.5) is 17.1 Å². The molecule has 2 nitrogen and oxygen atoms in total. The van der Waals surface area contributed by atoms with Crippen molar-refractivity contribution in [2.45, 2.75) is 19.3 Å². The molecule has 0 saturated heterocycles. The molecule has 8 aromatic rings. The number of fused-ring (bicyclic) bond motifs is 10. The van der Waals surface area contributed by atoms with E-state index in [9.17, 15) is 0 Å². The zero-order valence-electron chi connectivity index (χ0n) is 24.1. The third-order valence-corrected chi connectivity index (χ3v) is 9.39. The van der Waals surface area contributed by atoms with Gasteiger partial charge in [0.25, 0.3) is 0 Å². The van der Waals surface area contributed by atoms with E-state index >= 15 is 0 Å². The molecule has 0 radical (unpaired) electrons. The van der Waals surface area contributed by atoms with Crippen LogP contribution in [-0.2, 0) is 5.41 Å². The summed E-state index contributed by atoms with van der Waals surface area (Å²) in [7, 11) is 0. The number of rotatable bonds is 3. The van der Waals surface area contributed by atoms with E-state index in [0.717, 1.165) is 28.2 Å². The summed E-state index contributed by atoms with van der Waals surface area (Å²) >= 11 is 0. The van der Waals surface area contributed by atoms with Gasteiger partial charge in [0.2, 0.25) is 0 Å². The summed E-state index contributed by atoms with van der Waals surface area (Å²) in [5.74, 6) is 0. The largest absolute Gasteiger partial charge is 0.456 e. The van der Waals surface area contributed by atoms with Crippen LogP contribution in [-0.4, -0.2) is 0 Å². The SMILES string of the molecule is CC1(C)c2cc(N(c3ccccc3)c3ccc4c(ccc5ccccc54)c3)ccc2-c2ccc3oc4ccccc4c3c21. The lowest BCUT2D eigenvalue weighted by Crippen LogP contribution is -2.17. The van der Waals surface area contributed by atoms with Crippen LogP contribution < -0.4 is 4.90 Å². The highest BCUT2D eigenvalue weighted by molar-refractivity contribution is 6.11. The standard InChI is InChI=1S/C41H29NO/c1-41(2)36-25-30(19-21-33(36)34-22-23-38-39(40(34)41)35-14-8-9-15-37(35)43-38)42(28-11-4-3-5-12-28)29-18-20-32-27(24-29)17-16-26-10-6-7-13-31(26)32/h3-25H,1-2H3. The Labute approximate surface area is 250 Å².